The van der Waals surface area contributed by atoms with E-state index in [0.29, 0.717) is 12.4 Å². The second-order valence-corrected chi connectivity index (χ2v) is 4.60. The molecular weight excluding hydrogens is 214 g/mol. The molecule has 1 saturated heterocycles. The van der Waals surface area contributed by atoms with Crippen LogP contribution in [0.4, 0.5) is 5.82 Å². The van der Waals surface area contributed by atoms with Crippen molar-refractivity contribution in [2.75, 3.05) is 18.0 Å². The molecule has 0 aliphatic carbocycles. The van der Waals surface area contributed by atoms with Gasteiger partial charge in [-0.05, 0) is 19.8 Å². The van der Waals surface area contributed by atoms with Crippen LogP contribution in [0.25, 0.3) is 0 Å². The molecule has 0 atom stereocenters. The van der Waals surface area contributed by atoms with Crippen molar-refractivity contribution in [1.82, 2.24) is 9.55 Å². The summed E-state index contributed by atoms with van der Waals surface area (Å²) < 4.78 is 1.72. The zero-order chi connectivity index (χ0) is 12.1. The molecule has 1 fully saturated rings. The van der Waals surface area contributed by atoms with Gasteiger partial charge in [-0.15, -0.1) is 0 Å². The molecule has 94 valence electrons. The zero-order valence-corrected chi connectivity index (χ0v) is 10.6. The Bertz CT molecular complexity index is 405. The lowest BCUT2D eigenvalue weighted by molar-refractivity contribution is 0.550. The molecule has 1 aliphatic rings. The smallest absolute Gasteiger partial charge is 0.293 e. The minimum absolute atomic E-state index is 0.0515. The second kappa shape index (κ2) is 5.84. The normalized spacial score (nSPS) is 17.6. The van der Waals surface area contributed by atoms with Crippen LogP contribution < -0.4 is 10.5 Å². The summed E-state index contributed by atoms with van der Waals surface area (Å²) in [5.41, 5.74) is 0.0515. The summed E-state index contributed by atoms with van der Waals surface area (Å²) in [5.74, 6) is 0.635. The molecule has 2 rings (SSSR count). The highest BCUT2D eigenvalue weighted by atomic mass is 16.1. The summed E-state index contributed by atoms with van der Waals surface area (Å²) >= 11 is 0. The van der Waals surface area contributed by atoms with Gasteiger partial charge in [0.15, 0.2) is 5.82 Å². The third-order valence-electron chi connectivity index (χ3n) is 3.39. The highest BCUT2D eigenvalue weighted by Crippen LogP contribution is 2.13. The van der Waals surface area contributed by atoms with Gasteiger partial charge >= 0.3 is 0 Å². The molecule has 17 heavy (non-hydrogen) atoms. The third-order valence-corrected chi connectivity index (χ3v) is 3.39. The van der Waals surface area contributed by atoms with Gasteiger partial charge < -0.3 is 9.47 Å². The summed E-state index contributed by atoms with van der Waals surface area (Å²) in [6.45, 7) is 4.63. The first-order valence-corrected chi connectivity index (χ1v) is 6.63. The van der Waals surface area contributed by atoms with Crippen LogP contribution in [-0.4, -0.2) is 22.6 Å². The van der Waals surface area contributed by atoms with Crippen LogP contribution in [0.3, 0.4) is 0 Å². The van der Waals surface area contributed by atoms with Gasteiger partial charge in [0, 0.05) is 32.0 Å². The lowest BCUT2D eigenvalue weighted by Gasteiger charge is -2.25. The van der Waals surface area contributed by atoms with E-state index >= 15 is 0 Å². The molecule has 4 nitrogen and oxygen atoms in total. The van der Waals surface area contributed by atoms with Gasteiger partial charge in [0.2, 0.25) is 0 Å². The van der Waals surface area contributed by atoms with Crippen LogP contribution in [0.15, 0.2) is 17.2 Å². The minimum atomic E-state index is 0.0515. The van der Waals surface area contributed by atoms with Crippen molar-refractivity contribution in [2.45, 2.75) is 45.6 Å². The Kier molecular flexibility index (Phi) is 4.18. The van der Waals surface area contributed by atoms with Gasteiger partial charge in [0.05, 0.1) is 0 Å². The van der Waals surface area contributed by atoms with E-state index < -0.39 is 0 Å². The molecule has 0 radical (unpaired) electrons. The standard InChI is InChI=1S/C13H21N3O/c1-2-15-11-8-14-12(13(15)17)16-9-6-4-3-5-7-10-16/h8,11H,2-7,9-10H2,1H3. The number of rotatable bonds is 2. The SMILES string of the molecule is CCn1ccnc(N2CCCCCCC2)c1=O. The van der Waals surface area contributed by atoms with Crippen LogP contribution in [0.5, 0.6) is 0 Å². The quantitative estimate of drug-likeness (QED) is 0.787. The van der Waals surface area contributed by atoms with Crippen molar-refractivity contribution in [3.63, 3.8) is 0 Å². The summed E-state index contributed by atoms with van der Waals surface area (Å²) in [6, 6.07) is 0. The molecule has 0 aromatic carbocycles. The largest absolute Gasteiger partial charge is 0.352 e. The number of aryl methyl sites for hydroxylation is 1. The monoisotopic (exact) mass is 235 g/mol. The van der Waals surface area contributed by atoms with Crippen LogP contribution in [0.2, 0.25) is 0 Å². The Hall–Kier alpha value is -1.32. The topological polar surface area (TPSA) is 38.1 Å². The minimum Gasteiger partial charge on any atom is -0.352 e. The Labute approximate surface area is 102 Å². The summed E-state index contributed by atoms with van der Waals surface area (Å²) in [6.07, 6.45) is 9.70. The molecule has 1 aliphatic heterocycles. The van der Waals surface area contributed by atoms with E-state index in [1.165, 1.54) is 32.1 Å². The van der Waals surface area contributed by atoms with Gasteiger partial charge in [-0.3, -0.25) is 4.79 Å². The molecule has 1 aromatic rings. The van der Waals surface area contributed by atoms with Crippen molar-refractivity contribution in [3.8, 4) is 0 Å². The predicted octanol–water partition coefficient (Wildman–Crippen LogP) is 2.03. The van der Waals surface area contributed by atoms with Gasteiger partial charge in [-0.1, -0.05) is 19.3 Å². The number of anilines is 1. The van der Waals surface area contributed by atoms with Crippen LogP contribution in [0, 0.1) is 0 Å². The van der Waals surface area contributed by atoms with E-state index in [9.17, 15) is 4.79 Å². The predicted molar refractivity (Wildman–Crippen MR) is 69.5 cm³/mol. The van der Waals surface area contributed by atoms with Crippen LogP contribution in [-0.2, 0) is 6.54 Å². The highest BCUT2D eigenvalue weighted by molar-refractivity contribution is 5.35. The van der Waals surface area contributed by atoms with E-state index in [1.54, 1.807) is 17.0 Å². The molecule has 0 unspecified atom stereocenters. The number of hydrogen-bond donors (Lipinski definition) is 0. The summed E-state index contributed by atoms with van der Waals surface area (Å²) in [7, 11) is 0. The second-order valence-electron chi connectivity index (χ2n) is 4.60. The van der Waals surface area contributed by atoms with Gasteiger partial charge in [-0.2, -0.15) is 0 Å². The number of aromatic nitrogens is 2. The number of nitrogens with zero attached hydrogens (tertiary/aromatic N) is 3. The Morgan fingerprint density at radius 1 is 1.18 bits per heavy atom. The van der Waals surface area contributed by atoms with Crippen molar-refractivity contribution >= 4 is 5.82 Å². The van der Waals surface area contributed by atoms with Crippen molar-refractivity contribution in [2.24, 2.45) is 0 Å². The molecule has 0 spiro atoms. The molecule has 0 N–H and O–H groups in total. The molecule has 0 saturated carbocycles. The fraction of sp³-hybridized carbons (Fsp3) is 0.692. The van der Waals surface area contributed by atoms with E-state index in [1.807, 2.05) is 6.92 Å². The fourth-order valence-corrected chi connectivity index (χ4v) is 2.36. The highest BCUT2D eigenvalue weighted by Gasteiger charge is 2.14. The first-order valence-electron chi connectivity index (χ1n) is 6.63. The van der Waals surface area contributed by atoms with Crippen LogP contribution in [0.1, 0.15) is 39.0 Å². The van der Waals surface area contributed by atoms with Crippen LogP contribution >= 0.6 is 0 Å². The Balaban J connectivity index is 2.22. The lowest BCUT2D eigenvalue weighted by Crippen LogP contribution is -2.35. The average molecular weight is 235 g/mol. The average Bonchev–Trinajstić information content (AvgIpc) is 2.30. The molecule has 4 heteroatoms. The number of hydrogen-bond acceptors (Lipinski definition) is 3. The van der Waals surface area contributed by atoms with Crippen molar-refractivity contribution < 1.29 is 0 Å². The molecule has 0 amide bonds. The van der Waals surface area contributed by atoms with Crippen molar-refractivity contribution in [3.05, 3.63) is 22.7 Å². The Morgan fingerprint density at radius 3 is 2.47 bits per heavy atom. The maximum Gasteiger partial charge on any atom is 0.293 e. The Morgan fingerprint density at radius 2 is 1.82 bits per heavy atom. The first kappa shape index (κ1) is 12.1. The summed E-state index contributed by atoms with van der Waals surface area (Å²) in [5, 5.41) is 0. The van der Waals surface area contributed by atoms with E-state index in [-0.39, 0.29) is 5.56 Å². The van der Waals surface area contributed by atoms with Crippen molar-refractivity contribution in [1.29, 1.82) is 0 Å². The molecule has 2 heterocycles. The van der Waals surface area contributed by atoms with Gasteiger partial charge in [0.1, 0.15) is 0 Å². The lowest BCUT2D eigenvalue weighted by atomic mass is 10.1. The summed E-state index contributed by atoms with van der Waals surface area (Å²) in [4.78, 5) is 18.6. The molecular formula is C13H21N3O. The van der Waals surface area contributed by atoms with Gasteiger partial charge in [0.25, 0.3) is 5.56 Å². The third kappa shape index (κ3) is 2.87. The van der Waals surface area contributed by atoms with E-state index in [2.05, 4.69) is 9.88 Å². The maximum atomic E-state index is 12.2. The zero-order valence-electron chi connectivity index (χ0n) is 10.6. The maximum absolute atomic E-state index is 12.2. The fourth-order valence-electron chi connectivity index (χ4n) is 2.36. The van der Waals surface area contributed by atoms with Gasteiger partial charge in [-0.25, -0.2) is 4.98 Å². The van der Waals surface area contributed by atoms with E-state index in [0.717, 1.165) is 13.1 Å². The first-order chi connectivity index (χ1) is 8.33. The molecule has 1 aromatic heterocycles. The molecule has 0 bridgehead atoms. The van der Waals surface area contributed by atoms with E-state index in [4.69, 9.17) is 0 Å².